The van der Waals surface area contributed by atoms with Crippen LogP contribution in [0.2, 0.25) is 0 Å². The van der Waals surface area contributed by atoms with Gasteiger partial charge in [0.25, 0.3) is 0 Å². The molecule has 21 heavy (non-hydrogen) atoms. The average molecular weight is 287 g/mol. The molecule has 0 aliphatic rings. The molecule has 1 atom stereocenters. The minimum atomic E-state index is 0.394. The fourth-order valence-corrected chi connectivity index (χ4v) is 2.42. The quantitative estimate of drug-likeness (QED) is 0.850. The van der Waals surface area contributed by atoms with Crippen LogP contribution in [0.4, 0.5) is 0 Å². The van der Waals surface area contributed by atoms with Crippen molar-refractivity contribution in [3.63, 3.8) is 0 Å². The summed E-state index contributed by atoms with van der Waals surface area (Å²) in [6.07, 6.45) is 4.77. The summed E-state index contributed by atoms with van der Waals surface area (Å²) in [5.41, 5.74) is 2.48. The Balaban J connectivity index is 2.10. The van der Waals surface area contributed by atoms with Crippen molar-refractivity contribution >= 4 is 0 Å². The van der Waals surface area contributed by atoms with Gasteiger partial charge in [-0.1, -0.05) is 13.0 Å². The molecule has 0 amide bonds. The second-order valence-corrected chi connectivity index (χ2v) is 4.93. The minimum absolute atomic E-state index is 0.394. The third kappa shape index (κ3) is 3.95. The summed E-state index contributed by atoms with van der Waals surface area (Å²) in [6, 6.07) is 10.6. The Hall–Kier alpha value is -2.07. The van der Waals surface area contributed by atoms with Crippen LogP contribution in [0.1, 0.15) is 30.5 Å². The lowest BCUT2D eigenvalue weighted by molar-refractivity contribution is -0.711. The van der Waals surface area contributed by atoms with E-state index >= 15 is 0 Å². The topological polar surface area (TPSA) is 48.0 Å². The molecule has 112 valence electrons. The number of methoxy groups -OCH3 is 2. The van der Waals surface area contributed by atoms with E-state index in [2.05, 4.69) is 35.4 Å². The molecule has 0 radical (unpaired) electrons. The first-order valence-electron chi connectivity index (χ1n) is 7.22. The second-order valence-electron chi connectivity index (χ2n) is 4.93. The molecule has 2 rings (SSSR count). The van der Waals surface area contributed by atoms with Crippen molar-refractivity contribution in [2.45, 2.75) is 25.9 Å². The van der Waals surface area contributed by atoms with E-state index in [1.54, 1.807) is 20.4 Å². The lowest BCUT2D eigenvalue weighted by atomic mass is 10.0. The summed E-state index contributed by atoms with van der Waals surface area (Å²) in [6.45, 7) is 3.11. The van der Waals surface area contributed by atoms with Gasteiger partial charge >= 0.3 is 0 Å². The van der Waals surface area contributed by atoms with Crippen LogP contribution in [0.5, 0.6) is 11.5 Å². The summed E-state index contributed by atoms with van der Waals surface area (Å²) in [7, 11) is 3.32. The van der Waals surface area contributed by atoms with Gasteiger partial charge in [0.1, 0.15) is 12.6 Å². The summed E-state index contributed by atoms with van der Waals surface area (Å²) in [5.74, 6) is 1.55. The molecule has 0 saturated heterocycles. The Bertz CT molecular complexity index is 558. The van der Waals surface area contributed by atoms with Gasteiger partial charge in [0.05, 0.1) is 14.2 Å². The Morgan fingerprint density at radius 2 is 1.95 bits per heavy atom. The molecular formula is C17H23N2O2+. The van der Waals surface area contributed by atoms with E-state index in [-0.39, 0.29) is 0 Å². The summed E-state index contributed by atoms with van der Waals surface area (Å²) in [5, 5.41) is 2.33. The van der Waals surface area contributed by atoms with Crippen LogP contribution in [-0.4, -0.2) is 19.2 Å². The molecule has 0 bridgehead atoms. The number of ether oxygens (including phenoxy) is 2. The first-order chi connectivity index (χ1) is 10.3. The molecule has 4 heteroatoms. The Kier molecular flexibility index (Phi) is 5.58. The van der Waals surface area contributed by atoms with Crippen molar-refractivity contribution in [3.05, 3.63) is 53.9 Å². The van der Waals surface area contributed by atoms with Crippen LogP contribution >= 0.6 is 0 Å². The fourth-order valence-electron chi connectivity index (χ4n) is 2.42. The van der Waals surface area contributed by atoms with E-state index in [4.69, 9.17) is 9.47 Å². The zero-order chi connectivity index (χ0) is 15.1. The van der Waals surface area contributed by atoms with Gasteiger partial charge in [-0.25, -0.2) is 0 Å². The molecule has 2 aromatic rings. The van der Waals surface area contributed by atoms with E-state index in [0.717, 1.165) is 24.5 Å². The van der Waals surface area contributed by atoms with E-state index in [9.17, 15) is 0 Å². The van der Waals surface area contributed by atoms with Crippen LogP contribution in [0.3, 0.4) is 0 Å². The van der Waals surface area contributed by atoms with Gasteiger partial charge in [-0.2, -0.15) is 0 Å². The Morgan fingerprint density at radius 3 is 2.57 bits per heavy atom. The number of pyridine rings is 1. The van der Waals surface area contributed by atoms with Gasteiger partial charge in [0.15, 0.2) is 11.5 Å². The highest BCUT2D eigenvalue weighted by Gasteiger charge is 2.15. The average Bonchev–Trinajstić information content (AvgIpc) is 2.56. The van der Waals surface area contributed by atoms with Crippen molar-refractivity contribution < 1.29 is 14.8 Å². The first kappa shape index (κ1) is 15.3. The van der Waals surface area contributed by atoms with Gasteiger partial charge < -0.3 is 14.8 Å². The second kappa shape index (κ2) is 7.64. The van der Waals surface area contributed by atoms with Gasteiger partial charge in [-0.15, -0.1) is 0 Å². The molecule has 0 spiro atoms. The lowest BCUT2D eigenvalue weighted by Gasteiger charge is -2.16. The van der Waals surface area contributed by atoms with Crippen LogP contribution in [0.25, 0.3) is 0 Å². The molecule has 2 N–H and O–H groups in total. The maximum absolute atomic E-state index is 5.39. The molecule has 0 saturated carbocycles. The fraction of sp³-hybridized carbons (Fsp3) is 0.353. The molecule has 4 nitrogen and oxygen atoms in total. The van der Waals surface area contributed by atoms with Crippen molar-refractivity contribution in [2.75, 3.05) is 14.2 Å². The largest absolute Gasteiger partial charge is 0.493 e. The van der Waals surface area contributed by atoms with Crippen LogP contribution < -0.4 is 14.8 Å². The Labute approximate surface area is 126 Å². The maximum Gasteiger partial charge on any atom is 0.161 e. The number of hydrogen-bond donors (Lipinski definition) is 1. The smallest absolute Gasteiger partial charge is 0.161 e. The van der Waals surface area contributed by atoms with Crippen molar-refractivity contribution in [1.82, 2.24) is 4.98 Å². The lowest BCUT2D eigenvalue weighted by Crippen LogP contribution is -2.83. The molecule has 0 fully saturated rings. The van der Waals surface area contributed by atoms with Crippen LogP contribution in [0.15, 0.2) is 42.7 Å². The SMILES string of the molecule is CC[C@@H]([NH2+]Cc1cccnc1)c1ccc(OC)c(OC)c1. The number of nitrogens with two attached hydrogens (primary N) is 1. The highest BCUT2D eigenvalue weighted by atomic mass is 16.5. The number of benzene rings is 1. The molecular weight excluding hydrogens is 264 g/mol. The van der Waals surface area contributed by atoms with Crippen LogP contribution in [-0.2, 0) is 6.54 Å². The number of hydrogen-bond acceptors (Lipinski definition) is 3. The highest BCUT2D eigenvalue weighted by molar-refractivity contribution is 5.43. The number of nitrogens with zero attached hydrogens (tertiary/aromatic N) is 1. The predicted molar refractivity (Wildman–Crippen MR) is 82.4 cm³/mol. The summed E-state index contributed by atoms with van der Waals surface area (Å²) < 4.78 is 10.7. The highest BCUT2D eigenvalue weighted by Crippen LogP contribution is 2.29. The minimum Gasteiger partial charge on any atom is -0.493 e. The van der Waals surface area contributed by atoms with E-state index in [0.29, 0.717) is 6.04 Å². The van der Waals surface area contributed by atoms with Crippen LogP contribution in [0, 0.1) is 0 Å². The normalized spacial score (nSPS) is 12.0. The predicted octanol–water partition coefficient (Wildman–Crippen LogP) is 2.31. The van der Waals surface area contributed by atoms with E-state index in [1.165, 1.54) is 11.1 Å². The standard InChI is InChI=1S/C17H22N2O2/c1-4-15(19-12-13-6-5-9-18-11-13)14-7-8-16(20-2)17(10-14)21-3/h5-11,15,19H,4,12H2,1-3H3/p+1/t15-/m1/s1. The maximum atomic E-state index is 5.39. The zero-order valence-corrected chi connectivity index (χ0v) is 12.9. The summed E-state index contributed by atoms with van der Waals surface area (Å²) in [4.78, 5) is 4.15. The van der Waals surface area contributed by atoms with Gasteiger partial charge in [0, 0.05) is 29.9 Å². The number of rotatable bonds is 7. The zero-order valence-electron chi connectivity index (χ0n) is 12.9. The van der Waals surface area contributed by atoms with Gasteiger partial charge in [-0.05, 0) is 24.3 Å². The van der Waals surface area contributed by atoms with E-state index < -0.39 is 0 Å². The van der Waals surface area contributed by atoms with Gasteiger partial charge in [0.2, 0.25) is 0 Å². The summed E-state index contributed by atoms with van der Waals surface area (Å²) >= 11 is 0. The molecule has 1 aromatic carbocycles. The number of quaternary nitrogens is 1. The molecule has 0 aliphatic heterocycles. The van der Waals surface area contributed by atoms with Crippen molar-refractivity contribution in [2.24, 2.45) is 0 Å². The van der Waals surface area contributed by atoms with E-state index in [1.807, 2.05) is 18.3 Å². The molecule has 1 heterocycles. The Morgan fingerprint density at radius 1 is 1.14 bits per heavy atom. The van der Waals surface area contributed by atoms with Crippen molar-refractivity contribution in [3.8, 4) is 11.5 Å². The van der Waals surface area contributed by atoms with Gasteiger partial charge in [-0.3, -0.25) is 4.98 Å². The number of aromatic nitrogens is 1. The molecule has 1 aromatic heterocycles. The molecule has 0 aliphatic carbocycles. The third-order valence-electron chi connectivity index (χ3n) is 3.64. The monoisotopic (exact) mass is 287 g/mol. The third-order valence-corrected chi connectivity index (χ3v) is 3.64. The first-order valence-corrected chi connectivity index (χ1v) is 7.22. The molecule has 0 unspecified atom stereocenters. The van der Waals surface area contributed by atoms with Crippen molar-refractivity contribution in [1.29, 1.82) is 0 Å².